The first-order chi connectivity index (χ1) is 8.86. The van der Waals surface area contributed by atoms with Gasteiger partial charge in [-0.25, -0.2) is 8.42 Å². The van der Waals surface area contributed by atoms with Gasteiger partial charge in [0.05, 0.1) is 12.4 Å². The third-order valence-corrected chi connectivity index (χ3v) is 5.05. The van der Waals surface area contributed by atoms with Gasteiger partial charge in [-0.2, -0.15) is 4.31 Å². The molecule has 1 atom stereocenters. The summed E-state index contributed by atoms with van der Waals surface area (Å²) in [5, 5.41) is 17.4. The molecule has 1 saturated heterocycles. The highest BCUT2D eigenvalue weighted by molar-refractivity contribution is 7.89. The Kier molecular flexibility index (Phi) is 6.14. The number of aliphatic carboxylic acids is 1. The molecule has 0 saturated carbocycles. The van der Waals surface area contributed by atoms with Crippen LogP contribution in [0.5, 0.6) is 0 Å². The molecule has 0 aromatic rings. The number of nitrogens with zero attached hydrogens (tertiary/aromatic N) is 2. The van der Waals surface area contributed by atoms with Crippen LogP contribution in [0.2, 0.25) is 0 Å². The molecule has 9 heteroatoms. The normalized spacial score (nSPS) is 20.3. The van der Waals surface area contributed by atoms with E-state index in [4.69, 9.17) is 15.9 Å². The molecule has 0 aliphatic carbocycles. The molecule has 0 bridgehead atoms. The van der Waals surface area contributed by atoms with E-state index in [0.29, 0.717) is 32.7 Å². The Morgan fingerprint density at radius 2 is 1.84 bits per heavy atom. The minimum absolute atomic E-state index is 0.0558. The molecular weight excluding hydrogens is 274 g/mol. The fraction of sp³-hybridized carbons (Fsp3) is 0.900. The molecule has 1 unspecified atom stereocenters. The van der Waals surface area contributed by atoms with Crippen molar-refractivity contribution < 1.29 is 23.4 Å². The lowest BCUT2D eigenvalue weighted by atomic mass is 10.2. The fourth-order valence-electron chi connectivity index (χ4n) is 1.90. The van der Waals surface area contributed by atoms with Crippen LogP contribution in [0, 0.1) is 0 Å². The van der Waals surface area contributed by atoms with E-state index in [-0.39, 0.29) is 18.8 Å². The Morgan fingerprint density at radius 1 is 1.26 bits per heavy atom. The minimum Gasteiger partial charge on any atom is -0.480 e. The summed E-state index contributed by atoms with van der Waals surface area (Å²) in [5.41, 5.74) is 5.30. The Labute approximate surface area is 112 Å². The summed E-state index contributed by atoms with van der Waals surface area (Å²) in [7, 11) is -3.45. The first-order valence-corrected chi connectivity index (χ1v) is 7.77. The standard InChI is InChI=1S/C10H21N3O5S/c11-9(10(15)16)1-8-19(17,18)13-4-2-12(3-5-13)6-7-14/h9,14H,1-8,11H2,(H,15,16). The van der Waals surface area contributed by atoms with Gasteiger partial charge in [-0.1, -0.05) is 0 Å². The number of piperazine rings is 1. The van der Waals surface area contributed by atoms with Crippen LogP contribution in [0.15, 0.2) is 0 Å². The van der Waals surface area contributed by atoms with E-state index in [2.05, 4.69) is 0 Å². The van der Waals surface area contributed by atoms with Gasteiger partial charge in [0, 0.05) is 32.7 Å². The van der Waals surface area contributed by atoms with Gasteiger partial charge in [0.15, 0.2) is 0 Å². The number of carbonyl (C=O) groups is 1. The molecule has 1 aliphatic rings. The molecule has 0 radical (unpaired) electrons. The van der Waals surface area contributed by atoms with Crippen LogP contribution in [-0.2, 0) is 14.8 Å². The number of carboxylic acids is 1. The number of hydrogen-bond acceptors (Lipinski definition) is 6. The highest BCUT2D eigenvalue weighted by Crippen LogP contribution is 2.09. The number of sulfonamides is 1. The maximum Gasteiger partial charge on any atom is 0.320 e. The average molecular weight is 295 g/mol. The predicted molar refractivity (Wildman–Crippen MR) is 69.1 cm³/mol. The summed E-state index contributed by atoms with van der Waals surface area (Å²) < 4.78 is 25.3. The Balaban J connectivity index is 2.44. The van der Waals surface area contributed by atoms with Crippen molar-refractivity contribution in [3.8, 4) is 0 Å². The number of aliphatic hydroxyl groups is 1. The Hall–Kier alpha value is -0.740. The van der Waals surface area contributed by atoms with E-state index in [1.54, 1.807) is 0 Å². The van der Waals surface area contributed by atoms with Gasteiger partial charge in [-0.3, -0.25) is 9.69 Å². The molecule has 1 aliphatic heterocycles. The third-order valence-electron chi connectivity index (χ3n) is 3.14. The number of hydrogen-bond donors (Lipinski definition) is 3. The summed E-state index contributed by atoms with van der Waals surface area (Å²) in [6, 6.07) is -1.15. The molecule has 0 aromatic carbocycles. The highest BCUT2D eigenvalue weighted by Gasteiger charge is 2.27. The second kappa shape index (κ2) is 7.15. The maximum atomic E-state index is 12.0. The summed E-state index contributed by atoms with van der Waals surface area (Å²) in [6.45, 7) is 2.48. The molecule has 0 aromatic heterocycles. The van der Waals surface area contributed by atoms with Gasteiger partial charge in [0.25, 0.3) is 0 Å². The zero-order chi connectivity index (χ0) is 14.5. The first-order valence-electron chi connectivity index (χ1n) is 6.16. The van der Waals surface area contributed by atoms with E-state index in [0.717, 1.165) is 0 Å². The second-order valence-electron chi connectivity index (χ2n) is 4.51. The van der Waals surface area contributed by atoms with E-state index >= 15 is 0 Å². The lowest BCUT2D eigenvalue weighted by molar-refractivity contribution is -0.138. The van der Waals surface area contributed by atoms with Crippen LogP contribution in [0.1, 0.15) is 6.42 Å². The SMILES string of the molecule is NC(CCS(=O)(=O)N1CCN(CCO)CC1)C(=O)O. The van der Waals surface area contributed by atoms with Crippen molar-refractivity contribution in [3.63, 3.8) is 0 Å². The van der Waals surface area contributed by atoms with Crippen LogP contribution in [-0.4, -0.2) is 84.9 Å². The molecular formula is C10H21N3O5S. The summed E-state index contributed by atoms with van der Waals surface area (Å²) in [4.78, 5) is 12.5. The largest absolute Gasteiger partial charge is 0.480 e. The van der Waals surface area contributed by atoms with Crippen LogP contribution in [0.4, 0.5) is 0 Å². The van der Waals surface area contributed by atoms with Gasteiger partial charge in [-0.05, 0) is 6.42 Å². The van der Waals surface area contributed by atoms with Crippen LogP contribution in [0.25, 0.3) is 0 Å². The van der Waals surface area contributed by atoms with Crippen molar-refractivity contribution in [2.24, 2.45) is 5.73 Å². The summed E-state index contributed by atoms with van der Waals surface area (Å²) in [5.74, 6) is -1.44. The Bertz CT molecular complexity index is 392. The first kappa shape index (κ1) is 16.3. The monoisotopic (exact) mass is 295 g/mol. The fourth-order valence-corrected chi connectivity index (χ4v) is 3.43. The third kappa shape index (κ3) is 5.03. The van der Waals surface area contributed by atoms with Crippen molar-refractivity contribution in [1.29, 1.82) is 0 Å². The molecule has 1 fully saturated rings. The topological polar surface area (TPSA) is 124 Å². The predicted octanol–water partition coefficient (Wildman–Crippen LogP) is -2.27. The van der Waals surface area contributed by atoms with Gasteiger partial charge < -0.3 is 15.9 Å². The van der Waals surface area contributed by atoms with E-state index in [1.807, 2.05) is 4.90 Å². The molecule has 0 spiro atoms. The number of rotatable bonds is 7. The molecule has 4 N–H and O–H groups in total. The lowest BCUT2D eigenvalue weighted by Crippen LogP contribution is -2.50. The van der Waals surface area contributed by atoms with Gasteiger partial charge in [0.1, 0.15) is 6.04 Å². The van der Waals surface area contributed by atoms with E-state index in [1.165, 1.54) is 4.31 Å². The molecule has 1 rings (SSSR count). The molecule has 1 heterocycles. The number of β-amino-alcohol motifs (C(OH)–C–C–N with tert-alkyl or cyclic N) is 1. The van der Waals surface area contributed by atoms with Crippen LogP contribution >= 0.6 is 0 Å². The van der Waals surface area contributed by atoms with Gasteiger partial charge >= 0.3 is 5.97 Å². The number of nitrogens with two attached hydrogens (primary N) is 1. The summed E-state index contributed by atoms with van der Waals surface area (Å²) in [6.07, 6.45) is -0.0888. The zero-order valence-corrected chi connectivity index (χ0v) is 11.5. The van der Waals surface area contributed by atoms with E-state index in [9.17, 15) is 13.2 Å². The van der Waals surface area contributed by atoms with Crippen molar-refractivity contribution in [2.45, 2.75) is 12.5 Å². The average Bonchev–Trinajstić information content (AvgIpc) is 2.37. The Morgan fingerprint density at radius 3 is 2.32 bits per heavy atom. The van der Waals surface area contributed by atoms with Crippen molar-refractivity contribution >= 4 is 16.0 Å². The van der Waals surface area contributed by atoms with E-state index < -0.39 is 22.0 Å². The van der Waals surface area contributed by atoms with Gasteiger partial charge in [0.2, 0.25) is 10.0 Å². The number of carboxylic acid groups (broad SMARTS) is 1. The molecule has 19 heavy (non-hydrogen) atoms. The molecule has 0 amide bonds. The number of aliphatic hydroxyl groups excluding tert-OH is 1. The van der Waals surface area contributed by atoms with Crippen molar-refractivity contribution in [3.05, 3.63) is 0 Å². The zero-order valence-electron chi connectivity index (χ0n) is 10.7. The highest BCUT2D eigenvalue weighted by atomic mass is 32.2. The maximum absolute atomic E-state index is 12.0. The second-order valence-corrected chi connectivity index (χ2v) is 6.60. The van der Waals surface area contributed by atoms with Gasteiger partial charge in [-0.15, -0.1) is 0 Å². The smallest absolute Gasteiger partial charge is 0.320 e. The summed E-state index contributed by atoms with van der Waals surface area (Å²) >= 11 is 0. The lowest BCUT2D eigenvalue weighted by Gasteiger charge is -2.33. The molecule has 112 valence electrons. The van der Waals surface area contributed by atoms with Crippen LogP contribution < -0.4 is 5.73 Å². The van der Waals surface area contributed by atoms with Crippen LogP contribution in [0.3, 0.4) is 0 Å². The minimum atomic E-state index is -3.45. The van der Waals surface area contributed by atoms with Crippen molar-refractivity contribution in [1.82, 2.24) is 9.21 Å². The molecule has 8 nitrogen and oxygen atoms in total. The van der Waals surface area contributed by atoms with Crippen molar-refractivity contribution in [2.75, 3.05) is 45.1 Å². The quantitative estimate of drug-likeness (QED) is 0.483.